The van der Waals surface area contributed by atoms with Crippen molar-refractivity contribution in [2.45, 2.75) is 31.8 Å². The minimum Gasteiger partial charge on any atom is -0.489 e. The first kappa shape index (κ1) is 19.3. The number of halogens is 1. The highest BCUT2D eigenvalue weighted by Crippen LogP contribution is 2.35. The van der Waals surface area contributed by atoms with Crippen LogP contribution in [0.3, 0.4) is 0 Å². The SMILES string of the molecule is Cc1[nH]c2ccccc2c1C1CCN(CC(O)COc2ccccc2Cl)CC1. The number of piperidine rings is 1. The summed E-state index contributed by atoms with van der Waals surface area (Å²) in [6.07, 6.45) is 1.70. The zero-order chi connectivity index (χ0) is 19.5. The van der Waals surface area contributed by atoms with Gasteiger partial charge in [0.15, 0.2) is 0 Å². The number of hydrogen-bond acceptors (Lipinski definition) is 3. The van der Waals surface area contributed by atoms with Gasteiger partial charge in [0, 0.05) is 23.1 Å². The lowest BCUT2D eigenvalue weighted by atomic mass is 9.87. The molecule has 0 saturated carbocycles. The van der Waals surface area contributed by atoms with Crippen LogP contribution < -0.4 is 4.74 Å². The van der Waals surface area contributed by atoms with Crippen LogP contribution in [-0.4, -0.2) is 47.3 Å². The van der Waals surface area contributed by atoms with E-state index in [1.54, 1.807) is 6.07 Å². The molecule has 148 valence electrons. The number of hydrogen-bond donors (Lipinski definition) is 2. The lowest BCUT2D eigenvalue weighted by Crippen LogP contribution is -2.40. The van der Waals surface area contributed by atoms with Gasteiger partial charge in [0.05, 0.1) is 5.02 Å². The average Bonchev–Trinajstić information content (AvgIpc) is 3.04. The number of fused-ring (bicyclic) bond motifs is 1. The van der Waals surface area contributed by atoms with Gasteiger partial charge < -0.3 is 19.7 Å². The van der Waals surface area contributed by atoms with E-state index in [0.29, 0.717) is 23.2 Å². The molecular weight excluding hydrogens is 372 g/mol. The summed E-state index contributed by atoms with van der Waals surface area (Å²) in [7, 11) is 0. The van der Waals surface area contributed by atoms with Crippen LogP contribution in [0.4, 0.5) is 0 Å². The molecular formula is C23H27ClN2O2. The second kappa shape index (κ2) is 8.56. The fourth-order valence-electron chi connectivity index (χ4n) is 4.33. The van der Waals surface area contributed by atoms with Crippen molar-refractivity contribution in [1.82, 2.24) is 9.88 Å². The van der Waals surface area contributed by atoms with Crippen LogP contribution in [0.15, 0.2) is 48.5 Å². The summed E-state index contributed by atoms with van der Waals surface area (Å²) in [4.78, 5) is 5.86. The summed E-state index contributed by atoms with van der Waals surface area (Å²) >= 11 is 6.10. The molecule has 0 amide bonds. The summed E-state index contributed by atoms with van der Waals surface area (Å²) in [5.41, 5.74) is 3.98. The normalized spacial score (nSPS) is 17.1. The third-order valence-corrected chi connectivity index (χ3v) is 5.99. The molecule has 1 atom stereocenters. The van der Waals surface area contributed by atoms with Crippen LogP contribution in [0.25, 0.3) is 10.9 Å². The number of aliphatic hydroxyl groups excluding tert-OH is 1. The maximum atomic E-state index is 10.4. The Kier molecular flexibility index (Phi) is 5.90. The lowest BCUT2D eigenvalue weighted by molar-refractivity contribution is 0.0595. The van der Waals surface area contributed by atoms with Crippen LogP contribution >= 0.6 is 11.6 Å². The Bertz CT molecular complexity index is 931. The molecule has 1 fully saturated rings. The molecule has 2 N–H and O–H groups in total. The number of H-pyrrole nitrogens is 1. The Morgan fingerprint density at radius 3 is 2.64 bits per heavy atom. The van der Waals surface area contributed by atoms with E-state index < -0.39 is 6.10 Å². The van der Waals surface area contributed by atoms with Gasteiger partial charge >= 0.3 is 0 Å². The number of β-amino-alcohol motifs (C(OH)–C–C–N with tert-alkyl or cyclic N) is 1. The Morgan fingerprint density at radius 1 is 1.14 bits per heavy atom. The summed E-state index contributed by atoms with van der Waals surface area (Å²) in [5.74, 6) is 1.20. The first-order valence-corrected chi connectivity index (χ1v) is 10.3. The number of para-hydroxylation sites is 2. The Labute approximate surface area is 171 Å². The second-order valence-corrected chi connectivity index (χ2v) is 8.09. The molecule has 4 nitrogen and oxygen atoms in total. The van der Waals surface area contributed by atoms with Gasteiger partial charge in [-0.25, -0.2) is 0 Å². The van der Waals surface area contributed by atoms with E-state index in [9.17, 15) is 5.11 Å². The predicted molar refractivity (Wildman–Crippen MR) is 114 cm³/mol. The van der Waals surface area contributed by atoms with Gasteiger partial charge in [-0.3, -0.25) is 0 Å². The average molecular weight is 399 g/mol. The zero-order valence-electron chi connectivity index (χ0n) is 16.2. The molecule has 1 saturated heterocycles. The molecule has 0 radical (unpaired) electrons. The summed E-state index contributed by atoms with van der Waals surface area (Å²) < 4.78 is 5.67. The van der Waals surface area contributed by atoms with E-state index in [2.05, 4.69) is 41.1 Å². The maximum Gasteiger partial charge on any atom is 0.138 e. The predicted octanol–water partition coefficient (Wildman–Crippen LogP) is 4.75. The number of nitrogens with zero attached hydrogens (tertiary/aromatic N) is 1. The minimum atomic E-state index is -0.525. The van der Waals surface area contributed by atoms with Crippen LogP contribution in [0.5, 0.6) is 5.75 Å². The minimum absolute atomic E-state index is 0.255. The number of ether oxygens (including phenoxy) is 1. The molecule has 0 aliphatic carbocycles. The molecule has 1 aliphatic rings. The number of likely N-dealkylation sites (tertiary alicyclic amines) is 1. The van der Waals surface area contributed by atoms with Crippen molar-refractivity contribution in [3.8, 4) is 5.75 Å². The van der Waals surface area contributed by atoms with Crippen LogP contribution in [0.2, 0.25) is 5.02 Å². The Morgan fingerprint density at radius 2 is 1.86 bits per heavy atom. The number of nitrogens with one attached hydrogen (secondary N) is 1. The van der Waals surface area contributed by atoms with Crippen molar-refractivity contribution < 1.29 is 9.84 Å². The molecule has 28 heavy (non-hydrogen) atoms. The number of aliphatic hydroxyl groups is 1. The highest BCUT2D eigenvalue weighted by Gasteiger charge is 2.25. The highest BCUT2D eigenvalue weighted by molar-refractivity contribution is 6.32. The van der Waals surface area contributed by atoms with Crippen LogP contribution in [0, 0.1) is 6.92 Å². The number of aromatic nitrogens is 1. The quantitative estimate of drug-likeness (QED) is 0.630. The Hall–Kier alpha value is -2.01. The fraction of sp³-hybridized carbons (Fsp3) is 0.391. The number of aryl methyl sites for hydroxylation is 1. The van der Waals surface area contributed by atoms with Crippen molar-refractivity contribution in [1.29, 1.82) is 0 Å². The first-order valence-electron chi connectivity index (χ1n) is 9.97. The molecule has 3 aromatic rings. The lowest BCUT2D eigenvalue weighted by Gasteiger charge is -2.33. The number of rotatable bonds is 6. The monoisotopic (exact) mass is 398 g/mol. The molecule has 1 aliphatic heterocycles. The van der Waals surface area contributed by atoms with Gasteiger partial charge in [-0.2, -0.15) is 0 Å². The van der Waals surface area contributed by atoms with E-state index in [1.165, 1.54) is 22.2 Å². The number of aromatic amines is 1. The molecule has 5 heteroatoms. The molecule has 0 bridgehead atoms. The third-order valence-electron chi connectivity index (χ3n) is 5.68. The first-order chi connectivity index (χ1) is 13.6. The van der Waals surface area contributed by atoms with Gasteiger partial charge in [-0.15, -0.1) is 0 Å². The van der Waals surface area contributed by atoms with Crippen molar-refractivity contribution in [3.05, 3.63) is 64.8 Å². The second-order valence-electron chi connectivity index (χ2n) is 7.68. The smallest absolute Gasteiger partial charge is 0.138 e. The van der Waals surface area contributed by atoms with Gasteiger partial charge in [-0.05, 0) is 62.5 Å². The molecule has 2 heterocycles. The zero-order valence-corrected chi connectivity index (χ0v) is 17.0. The molecule has 0 spiro atoms. The molecule has 2 aromatic carbocycles. The topological polar surface area (TPSA) is 48.5 Å². The molecule has 1 aromatic heterocycles. The van der Waals surface area contributed by atoms with Gasteiger partial charge in [-0.1, -0.05) is 41.9 Å². The van der Waals surface area contributed by atoms with E-state index in [0.717, 1.165) is 25.9 Å². The van der Waals surface area contributed by atoms with Gasteiger partial charge in [0.1, 0.15) is 18.5 Å². The molecule has 1 unspecified atom stereocenters. The van der Waals surface area contributed by atoms with E-state index in [-0.39, 0.29) is 6.61 Å². The largest absolute Gasteiger partial charge is 0.489 e. The molecule has 4 rings (SSSR count). The standard InChI is InChI=1S/C23H27ClN2O2/c1-16-23(19-6-2-4-8-21(19)25-16)17-10-12-26(13-11-17)14-18(27)15-28-22-9-5-3-7-20(22)24/h2-9,17-18,25,27H,10-15H2,1H3. The van der Waals surface area contributed by atoms with Crippen molar-refractivity contribution >= 4 is 22.5 Å². The van der Waals surface area contributed by atoms with Crippen molar-refractivity contribution in [3.63, 3.8) is 0 Å². The maximum absolute atomic E-state index is 10.4. The fourth-order valence-corrected chi connectivity index (χ4v) is 4.52. The van der Waals surface area contributed by atoms with Crippen LogP contribution in [-0.2, 0) is 0 Å². The summed E-state index contributed by atoms with van der Waals surface area (Å²) in [6, 6.07) is 15.9. The third kappa shape index (κ3) is 4.19. The van der Waals surface area contributed by atoms with Crippen molar-refractivity contribution in [2.24, 2.45) is 0 Å². The van der Waals surface area contributed by atoms with E-state index in [1.807, 2.05) is 18.2 Å². The van der Waals surface area contributed by atoms with Crippen molar-refractivity contribution in [2.75, 3.05) is 26.2 Å². The van der Waals surface area contributed by atoms with E-state index in [4.69, 9.17) is 16.3 Å². The number of benzene rings is 2. The Balaban J connectivity index is 1.30. The van der Waals surface area contributed by atoms with Crippen LogP contribution in [0.1, 0.15) is 30.0 Å². The summed E-state index contributed by atoms with van der Waals surface area (Å²) in [5, 5.41) is 12.3. The van der Waals surface area contributed by atoms with Gasteiger partial charge in [0.2, 0.25) is 0 Å². The highest BCUT2D eigenvalue weighted by atomic mass is 35.5. The van der Waals surface area contributed by atoms with Gasteiger partial charge in [0.25, 0.3) is 0 Å². The van der Waals surface area contributed by atoms with E-state index >= 15 is 0 Å². The summed E-state index contributed by atoms with van der Waals surface area (Å²) in [6.45, 7) is 5.05.